The first-order valence-corrected chi connectivity index (χ1v) is 5.65. The topological polar surface area (TPSA) is 33.6 Å². The van der Waals surface area contributed by atoms with Crippen LogP contribution in [0.5, 0.6) is 0 Å². The van der Waals surface area contributed by atoms with Crippen molar-refractivity contribution in [3.63, 3.8) is 0 Å². The zero-order valence-corrected chi connectivity index (χ0v) is 9.02. The first-order chi connectivity index (χ1) is 7.95. The Morgan fingerprint density at radius 3 is 3.12 bits per heavy atom. The van der Waals surface area contributed by atoms with Crippen molar-refractivity contribution in [1.29, 1.82) is 0 Å². The maximum Gasteiger partial charge on any atom is 0.126 e. The van der Waals surface area contributed by atoms with Gasteiger partial charge in [0.15, 0.2) is 0 Å². The largest absolute Gasteiger partial charge is 0.496 e. The molecule has 1 N–H and O–H groups in total. The Kier molecular flexibility index (Phi) is 2.37. The summed E-state index contributed by atoms with van der Waals surface area (Å²) < 4.78 is 5.70. The van der Waals surface area contributed by atoms with Gasteiger partial charge in [-0.2, -0.15) is 5.10 Å². The molecule has 0 amide bonds. The molecule has 3 heteroatoms. The lowest BCUT2D eigenvalue weighted by atomic mass is 9.97. The fraction of sp³-hybridized carbons (Fsp3) is 0.308. The van der Waals surface area contributed by atoms with E-state index in [2.05, 4.69) is 34.8 Å². The summed E-state index contributed by atoms with van der Waals surface area (Å²) in [5.74, 6) is 1.01. The summed E-state index contributed by atoms with van der Waals surface area (Å²) in [6.45, 7) is 0.815. The number of allylic oxidation sites excluding steroid dienone is 1. The van der Waals surface area contributed by atoms with E-state index in [4.69, 9.17) is 4.74 Å². The highest BCUT2D eigenvalue weighted by atomic mass is 16.5. The Morgan fingerprint density at radius 2 is 2.25 bits per heavy atom. The second kappa shape index (κ2) is 4.00. The Morgan fingerprint density at radius 1 is 1.31 bits per heavy atom. The van der Waals surface area contributed by atoms with E-state index in [9.17, 15) is 0 Å². The monoisotopic (exact) mass is 214 g/mol. The molecule has 1 aromatic carbocycles. The summed E-state index contributed by atoms with van der Waals surface area (Å²) in [6.07, 6.45) is 6.23. The second-order valence-electron chi connectivity index (χ2n) is 4.05. The molecule has 0 bridgehead atoms. The Hall–Kier alpha value is -1.77. The van der Waals surface area contributed by atoms with Crippen LogP contribution in [0, 0.1) is 0 Å². The Balaban J connectivity index is 1.98. The highest BCUT2D eigenvalue weighted by Crippen LogP contribution is 2.29. The number of hydrogen-bond acceptors (Lipinski definition) is 3. The molecule has 82 valence electrons. The normalized spacial score (nSPS) is 22.8. The van der Waals surface area contributed by atoms with Gasteiger partial charge in [0.1, 0.15) is 11.8 Å². The van der Waals surface area contributed by atoms with Crippen LogP contribution in [0.2, 0.25) is 0 Å². The van der Waals surface area contributed by atoms with E-state index < -0.39 is 0 Å². The lowest BCUT2D eigenvalue weighted by molar-refractivity contribution is 0.167. The molecule has 0 fully saturated rings. The van der Waals surface area contributed by atoms with Crippen molar-refractivity contribution >= 4 is 6.21 Å². The maximum absolute atomic E-state index is 5.70. The summed E-state index contributed by atoms with van der Waals surface area (Å²) in [4.78, 5) is 0. The minimum Gasteiger partial charge on any atom is -0.496 e. The van der Waals surface area contributed by atoms with Crippen LogP contribution in [-0.4, -0.2) is 12.8 Å². The van der Waals surface area contributed by atoms with E-state index in [0.29, 0.717) is 0 Å². The summed E-state index contributed by atoms with van der Waals surface area (Å²) in [7, 11) is 0. The predicted octanol–water partition coefficient (Wildman–Crippen LogP) is 2.36. The standard InChI is InChI=1S/C13H14N2O/c1-2-6-11-10(5-1)9-14-15-13(11)12-7-3-4-8-16-12/h1-2,5-7,9,13,15H,3-4,8H2. The Labute approximate surface area is 94.8 Å². The van der Waals surface area contributed by atoms with E-state index in [1.807, 2.05) is 12.3 Å². The molecule has 3 nitrogen and oxygen atoms in total. The molecule has 1 unspecified atom stereocenters. The van der Waals surface area contributed by atoms with Gasteiger partial charge in [-0.05, 0) is 24.5 Å². The number of benzene rings is 1. The molecule has 2 aliphatic heterocycles. The van der Waals surface area contributed by atoms with Crippen molar-refractivity contribution < 1.29 is 4.74 Å². The summed E-state index contributed by atoms with van der Waals surface area (Å²) >= 11 is 0. The van der Waals surface area contributed by atoms with Gasteiger partial charge < -0.3 is 4.74 Å². The summed E-state index contributed by atoms with van der Waals surface area (Å²) in [5, 5.41) is 4.18. The van der Waals surface area contributed by atoms with Crippen LogP contribution in [0.1, 0.15) is 30.0 Å². The van der Waals surface area contributed by atoms with E-state index >= 15 is 0 Å². The molecular formula is C13H14N2O. The summed E-state index contributed by atoms with van der Waals surface area (Å²) in [6, 6.07) is 8.37. The molecule has 0 aromatic heterocycles. The lowest BCUT2D eigenvalue weighted by Gasteiger charge is -2.27. The van der Waals surface area contributed by atoms with Crippen LogP contribution in [0.25, 0.3) is 0 Å². The van der Waals surface area contributed by atoms with Crippen LogP contribution < -0.4 is 5.43 Å². The van der Waals surface area contributed by atoms with Crippen molar-refractivity contribution in [3.8, 4) is 0 Å². The van der Waals surface area contributed by atoms with Crippen LogP contribution >= 0.6 is 0 Å². The fourth-order valence-electron chi connectivity index (χ4n) is 2.14. The molecule has 0 aliphatic carbocycles. The van der Waals surface area contributed by atoms with E-state index in [-0.39, 0.29) is 6.04 Å². The van der Waals surface area contributed by atoms with Crippen LogP contribution in [0.15, 0.2) is 41.2 Å². The minimum atomic E-state index is 0.0847. The zero-order valence-electron chi connectivity index (χ0n) is 9.02. The predicted molar refractivity (Wildman–Crippen MR) is 63.2 cm³/mol. The number of fused-ring (bicyclic) bond motifs is 1. The van der Waals surface area contributed by atoms with E-state index in [1.165, 1.54) is 11.1 Å². The van der Waals surface area contributed by atoms with Gasteiger partial charge in [-0.25, -0.2) is 0 Å². The number of nitrogens with one attached hydrogen (secondary N) is 1. The molecule has 1 aromatic rings. The van der Waals surface area contributed by atoms with Crippen molar-refractivity contribution in [2.24, 2.45) is 5.10 Å². The average Bonchev–Trinajstić information content (AvgIpc) is 2.39. The van der Waals surface area contributed by atoms with Gasteiger partial charge in [0.05, 0.1) is 12.8 Å². The van der Waals surface area contributed by atoms with Crippen molar-refractivity contribution in [2.45, 2.75) is 18.9 Å². The SMILES string of the molecule is C1=NNC(C2=CCCCO2)c2ccccc21. The molecular weight excluding hydrogens is 200 g/mol. The third-order valence-electron chi connectivity index (χ3n) is 2.96. The van der Waals surface area contributed by atoms with Gasteiger partial charge >= 0.3 is 0 Å². The Bertz CT molecular complexity index is 451. The molecule has 2 aliphatic rings. The number of nitrogens with zero attached hydrogens (tertiary/aromatic N) is 1. The van der Waals surface area contributed by atoms with Crippen molar-refractivity contribution in [1.82, 2.24) is 5.43 Å². The second-order valence-corrected chi connectivity index (χ2v) is 4.05. The zero-order chi connectivity index (χ0) is 10.8. The van der Waals surface area contributed by atoms with Gasteiger partial charge in [-0.1, -0.05) is 24.3 Å². The van der Waals surface area contributed by atoms with Gasteiger partial charge in [0.2, 0.25) is 0 Å². The number of hydrazone groups is 1. The maximum atomic E-state index is 5.70. The average molecular weight is 214 g/mol. The van der Waals surface area contributed by atoms with E-state index in [1.54, 1.807) is 0 Å². The number of rotatable bonds is 1. The van der Waals surface area contributed by atoms with E-state index in [0.717, 1.165) is 25.2 Å². The van der Waals surface area contributed by atoms with Crippen LogP contribution in [0.4, 0.5) is 0 Å². The first-order valence-electron chi connectivity index (χ1n) is 5.65. The number of ether oxygens (including phenoxy) is 1. The molecule has 3 rings (SSSR count). The molecule has 0 radical (unpaired) electrons. The fourth-order valence-corrected chi connectivity index (χ4v) is 2.14. The quantitative estimate of drug-likeness (QED) is 0.778. The smallest absolute Gasteiger partial charge is 0.126 e. The first kappa shape index (κ1) is 9.46. The third kappa shape index (κ3) is 1.58. The van der Waals surface area contributed by atoms with Gasteiger partial charge in [-0.3, -0.25) is 5.43 Å². The number of hydrogen-bond donors (Lipinski definition) is 1. The lowest BCUT2D eigenvalue weighted by Crippen LogP contribution is -2.25. The molecule has 16 heavy (non-hydrogen) atoms. The molecule has 1 atom stereocenters. The molecule has 0 saturated heterocycles. The van der Waals surface area contributed by atoms with Gasteiger partial charge in [0.25, 0.3) is 0 Å². The van der Waals surface area contributed by atoms with Crippen molar-refractivity contribution in [3.05, 3.63) is 47.2 Å². The third-order valence-corrected chi connectivity index (χ3v) is 2.96. The van der Waals surface area contributed by atoms with Crippen LogP contribution in [-0.2, 0) is 4.74 Å². The summed E-state index contributed by atoms with van der Waals surface area (Å²) in [5.41, 5.74) is 5.53. The minimum absolute atomic E-state index is 0.0847. The molecule has 2 heterocycles. The van der Waals surface area contributed by atoms with Gasteiger partial charge in [-0.15, -0.1) is 0 Å². The van der Waals surface area contributed by atoms with Crippen molar-refractivity contribution in [2.75, 3.05) is 6.61 Å². The highest BCUT2D eigenvalue weighted by molar-refractivity contribution is 5.83. The van der Waals surface area contributed by atoms with Crippen LogP contribution in [0.3, 0.4) is 0 Å². The van der Waals surface area contributed by atoms with Gasteiger partial charge in [0, 0.05) is 5.56 Å². The molecule has 0 spiro atoms. The highest BCUT2D eigenvalue weighted by Gasteiger charge is 2.23. The molecule has 0 saturated carbocycles.